The van der Waals surface area contributed by atoms with E-state index in [-0.39, 0.29) is 6.17 Å². The Morgan fingerprint density at radius 3 is 2.67 bits per heavy atom. The van der Waals surface area contributed by atoms with Gasteiger partial charge in [-0.05, 0) is 18.6 Å². The highest BCUT2D eigenvalue weighted by Crippen LogP contribution is 1.94. The summed E-state index contributed by atoms with van der Waals surface area (Å²) < 4.78 is 0. The molecule has 0 aliphatic heterocycles. The zero-order valence-electron chi connectivity index (χ0n) is 5.00. The minimum Gasteiger partial charge on any atom is -0.211 e. The topological polar surface area (TPSA) is 41.8 Å². The van der Waals surface area contributed by atoms with Gasteiger partial charge in [-0.25, -0.2) is 9.79 Å². The molecule has 0 aromatic carbocycles. The summed E-state index contributed by atoms with van der Waals surface area (Å²) in [7, 11) is 0. The standard InChI is InChI=1S/C5H6N2OS/c1-2-5(6-3-8)7-4-9/h5H,2H2,1H3. The minimum absolute atomic E-state index is 0.375. The molecule has 0 saturated heterocycles. The maximum absolute atomic E-state index is 9.64. The van der Waals surface area contributed by atoms with E-state index in [0.29, 0.717) is 6.42 Å². The summed E-state index contributed by atoms with van der Waals surface area (Å²) in [6.45, 7) is 1.85. The van der Waals surface area contributed by atoms with Crippen LogP contribution in [0.2, 0.25) is 0 Å². The summed E-state index contributed by atoms with van der Waals surface area (Å²) >= 11 is 4.30. The third kappa shape index (κ3) is 3.74. The van der Waals surface area contributed by atoms with Gasteiger partial charge in [0.15, 0.2) is 6.17 Å². The van der Waals surface area contributed by atoms with Crippen molar-refractivity contribution in [3.63, 3.8) is 0 Å². The van der Waals surface area contributed by atoms with Crippen molar-refractivity contribution >= 4 is 23.5 Å². The van der Waals surface area contributed by atoms with Crippen LogP contribution in [0.15, 0.2) is 9.98 Å². The maximum atomic E-state index is 9.64. The highest BCUT2D eigenvalue weighted by Gasteiger charge is 1.95. The summed E-state index contributed by atoms with van der Waals surface area (Å²) in [6.07, 6.45) is 1.68. The van der Waals surface area contributed by atoms with Gasteiger partial charge in [-0.1, -0.05) is 6.92 Å². The molecule has 48 valence electrons. The predicted molar refractivity (Wildman–Crippen MR) is 37.2 cm³/mol. The quantitative estimate of drug-likeness (QED) is 0.337. The second kappa shape index (κ2) is 5.32. The molecular weight excluding hydrogens is 136 g/mol. The van der Waals surface area contributed by atoms with Crippen molar-refractivity contribution in [3.8, 4) is 0 Å². The number of isothiocyanates is 1. The van der Waals surface area contributed by atoms with Crippen molar-refractivity contribution in [2.75, 3.05) is 0 Å². The van der Waals surface area contributed by atoms with Gasteiger partial charge in [-0.2, -0.15) is 4.99 Å². The fourth-order valence-corrected chi connectivity index (χ4v) is 0.455. The average Bonchev–Trinajstić information content (AvgIpc) is 1.88. The highest BCUT2D eigenvalue weighted by molar-refractivity contribution is 7.78. The number of thiocarbonyl (C=S) groups is 1. The van der Waals surface area contributed by atoms with Crippen LogP contribution in [0.3, 0.4) is 0 Å². The zero-order valence-corrected chi connectivity index (χ0v) is 5.81. The normalized spacial score (nSPS) is 10.8. The van der Waals surface area contributed by atoms with E-state index in [1.807, 2.05) is 6.92 Å². The Morgan fingerprint density at radius 1 is 1.67 bits per heavy atom. The van der Waals surface area contributed by atoms with E-state index in [2.05, 4.69) is 27.4 Å². The number of hydrogen-bond acceptors (Lipinski definition) is 4. The lowest BCUT2D eigenvalue weighted by Crippen LogP contribution is -1.95. The molecule has 0 radical (unpaired) electrons. The SMILES string of the molecule is CCC(N=C=O)N=C=S. The molecule has 4 heteroatoms. The van der Waals surface area contributed by atoms with Crippen molar-refractivity contribution in [2.45, 2.75) is 19.5 Å². The first-order chi connectivity index (χ1) is 4.35. The van der Waals surface area contributed by atoms with Crippen LogP contribution in [0.5, 0.6) is 0 Å². The Bertz CT molecular complexity index is 150. The smallest absolute Gasteiger partial charge is 0.211 e. The third-order valence-corrected chi connectivity index (χ3v) is 0.874. The molecule has 0 amide bonds. The minimum atomic E-state index is -0.375. The molecule has 0 aromatic heterocycles. The molecule has 9 heavy (non-hydrogen) atoms. The van der Waals surface area contributed by atoms with Crippen LogP contribution >= 0.6 is 12.2 Å². The van der Waals surface area contributed by atoms with Crippen molar-refractivity contribution in [3.05, 3.63) is 0 Å². The van der Waals surface area contributed by atoms with Gasteiger partial charge >= 0.3 is 0 Å². The molecule has 0 spiro atoms. The van der Waals surface area contributed by atoms with Gasteiger partial charge in [0.05, 0.1) is 5.16 Å². The van der Waals surface area contributed by atoms with E-state index >= 15 is 0 Å². The van der Waals surface area contributed by atoms with Crippen molar-refractivity contribution < 1.29 is 4.79 Å². The van der Waals surface area contributed by atoms with Crippen LogP contribution in [0.4, 0.5) is 0 Å². The molecule has 0 aromatic rings. The van der Waals surface area contributed by atoms with Crippen LogP contribution in [0, 0.1) is 0 Å². The van der Waals surface area contributed by atoms with Crippen molar-refractivity contribution in [1.29, 1.82) is 0 Å². The Balaban J connectivity index is 3.97. The van der Waals surface area contributed by atoms with E-state index in [0.717, 1.165) is 0 Å². The van der Waals surface area contributed by atoms with Crippen LogP contribution in [-0.4, -0.2) is 17.4 Å². The Labute approximate surface area is 58.5 Å². The molecule has 0 aliphatic carbocycles. The van der Waals surface area contributed by atoms with Gasteiger partial charge in [0.2, 0.25) is 6.08 Å². The summed E-state index contributed by atoms with van der Waals surface area (Å²) in [5.41, 5.74) is 0. The van der Waals surface area contributed by atoms with Crippen LogP contribution < -0.4 is 0 Å². The second-order valence-electron chi connectivity index (χ2n) is 1.33. The van der Waals surface area contributed by atoms with Gasteiger partial charge < -0.3 is 0 Å². The molecule has 0 heterocycles. The van der Waals surface area contributed by atoms with Crippen LogP contribution in [0.25, 0.3) is 0 Å². The number of nitrogens with zero attached hydrogens (tertiary/aromatic N) is 2. The Morgan fingerprint density at radius 2 is 2.33 bits per heavy atom. The molecule has 1 atom stereocenters. The summed E-state index contributed by atoms with van der Waals surface area (Å²) in [6, 6.07) is 0. The van der Waals surface area contributed by atoms with Crippen molar-refractivity contribution in [1.82, 2.24) is 0 Å². The largest absolute Gasteiger partial charge is 0.237 e. The van der Waals surface area contributed by atoms with Gasteiger partial charge in [-0.15, -0.1) is 0 Å². The molecule has 0 fully saturated rings. The number of rotatable bonds is 3. The lowest BCUT2D eigenvalue weighted by molar-refractivity contribution is 0.555. The first-order valence-electron chi connectivity index (χ1n) is 2.49. The Kier molecular flexibility index (Phi) is 4.83. The number of carbonyl (C=O) groups excluding carboxylic acids is 1. The monoisotopic (exact) mass is 142 g/mol. The van der Waals surface area contributed by atoms with E-state index in [1.165, 1.54) is 6.08 Å². The molecular formula is C5H6N2OS. The molecule has 0 aliphatic rings. The Hall–Kier alpha value is -0.820. The number of hydrogen-bond donors (Lipinski definition) is 0. The van der Waals surface area contributed by atoms with Crippen molar-refractivity contribution in [2.24, 2.45) is 9.98 Å². The van der Waals surface area contributed by atoms with E-state index in [9.17, 15) is 4.79 Å². The maximum Gasteiger partial charge on any atom is 0.237 e. The second-order valence-corrected chi connectivity index (χ2v) is 1.51. The first kappa shape index (κ1) is 8.18. The molecule has 0 N–H and O–H groups in total. The summed E-state index contributed by atoms with van der Waals surface area (Å²) in [5.74, 6) is 0. The van der Waals surface area contributed by atoms with E-state index in [4.69, 9.17) is 0 Å². The lowest BCUT2D eigenvalue weighted by atomic mass is 10.4. The predicted octanol–water partition coefficient (Wildman–Crippen LogP) is 1.16. The number of isocyanates is 1. The summed E-state index contributed by atoms with van der Waals surface area (Å²) in [4.78, 5) is 16.5. The molecule has 0 bridgehead atoms. The lowest BCUT2D eigenvalue weighted by Gasteiger charge is -1.93. The zero-order chi connectivity index (χ0) is 7.11. The highest BCUT2D eigenvalue weighted by atomic mass is 32.1. The first-order valence-corrected chi connectivity index (χ1v) is 2.90. The van der Waals surface area contributed by atoms with Gasteiger partial charge in [0, 0.05) is 0 Å². The van der Waals surface area contributed by atoms with Crippen LogP contribution in [-0.2, 0) is 4.79 Å². The third-order valence-electron chi connectivity index (χ3n) is 0.769. The van der Waals surface area contributed by atoms with Gasteiger partial charge in [-0.3, -0.25) is 0 Å². The fourth-order valence-electron chi connectivity index (χ4n) is 0.333. The molecule has 0 rings (SSSR count). The molecule has 3 nitrogen and oxygen atoms in total. The van der Waals surface area contributed by atoms with Crippen LogP contribution in [0.1, 0.15) is 13.3 Å². The van der Waals surface area contributed by atoms with E-state index < -0.39 is 0 Å². The summed E-state index contributed by atoms with van der Waals surface area (Å²) in [5, 5.41) is 2.14. The van der Waals surface area contributed by atoms with Gasteiger partial charge in [0.25, 0.3) is 0 Å². The van der Waals surface area contributed by atoms with Gasteiger partial charge in [0.1, 0.15) is 0 Å². The fraction of sp³-hybridized carbons (Fsp3) is 0.600. The number of aliphatic imine (C=N–C) groups is 2. The van der Waals surface area contributed by atoms with E-state index in [1.54, 1.807) is 0 Å². The average molecular weight is 142 g/mol. The molecule has 1 unspecified atom stereocenters. The molecule has 0 saturated carbocycles.